The molecule has 0 radical (unpaired) electrons. The van der Waals surface area contributed by atoms with Crippen LogP contribution in [0.15, 0.2) is 24.5 Å². The molecule has 1 aliphatic rings. The van der Waals surface area contributed by atoms with Crippen molar-refractivity contribution in [2.45, 2.75) is 25.4 Å². The van der Waals surface area contributed by atoms with Crippen LogP contribution in [0.4, 0.5) is 4.79 Å². The Bertz CT molecular complexity index is 725. The van der Waals surface area contributed by atoms with E-state index in [0.29, 0.717) is 13.1 Å². The molecule has 2 aromatic rings. The number of nitrogens with zero attached hydrogens (tertiary/aromatic N) is 3. The van der Waals surface area contributed by atoms with Crippen LogP contribution in [-0.2, 0) is 11.3 Å². The third kappa shape index (κ3) is 2.49. The van der Waals surface area contributed by atoms with Crippen molar-refractivity contribution in [1.82, 2.24) is 14.5 Å². The van der Waals surface area contributed by atoms with E-state index in [-0.39, 0.29) is 17.7 Å². The number of methoxy groups -OCH3 is 1. The summed E-state index contributed by atoms with van der Waals surface area (Å²) in [5.41, 5.74) is 1.73. The minimum absolute atomic E-state index is 0.0401. The molecule has 1 saturated heterocycles. The van der Waals surface area contributed by atoms with Gasteiger partial charge in [-0.3, -0.25) is 0 Å². The minimum Gasteiger partial charge on any atom is -0.478 e. The van der Waals surface area contributed by atoms with Gasteiger partial charge in [0, 0.05) is 13.1 Å². The van der Waals surface area contributed by atoms with Gasteiger partial charge in [-0.05, 0) is 31.0 Å². The van der Waals surface area contributed by atoms with Crippen LogP contribution in [0.2, 0.25) is 0 Å². The van der Waals surface area contributed by atoms with Crippen molar-refractivity contribution >= 4 is 23.1 Å². The molecule has 1 aromatic carbocycles. The first-order valence-corrected chi connectivity index (χ1v) is 7.13. The first-order valence-electron chi connectivity index (χ1n) is 7.13. The Morgan fingerprint density at radius 1 is 1.45 bits per heavy atom. The number of carbonyl (C=O) groups is 2. The summed E-state index contributed by atoms with van der Waals surface area (Å²) >= 11 is 0. The van der Waals surface area contributed by atoms with Gasteiger partial charge in [-0.15, -0.1) is 0 Å². The number of likely N-dealkylation sites (tertiary alicyclic amines) is 1. The molecule has 0 saturated carbocycles. The Balaban J connectivity index is 1.88. The third-order valence-electron chi connectivity index (χ3n) is 4.06. The van der Waals surface area contributed by atoms with Crippen LogP contribution < -0.4 is 0 Å². The van der Waals surface area contributed by atoms with Crippen molar-refractivity contribution in [2.75, 3.05) is 13.7 Å². The lowest BCUT2D eigenvalue weighted by Gasteiger charge is -2.23. The number of carbonyl (C=O) groups excluding carboxylic acids is 1. The average Bonchev–Trinajstić information content (AvgIpc) is 3.13. The van der Waals surface area contributed by atoms with Gasteiger partial charge in [-0.2, -0.15) is 0 Å². The quantitative estimate of drug-likeness (QED) is 0.937. The fourth-order valence-electron chi connectivity index (χ4n) is 2.95. The molecule has 22 heavy (non-hydrogen) atoms. The smallest absolute Gasteiger partial charge is 0.409 e. The van der Waals surface area contributed by atoms with Crippen LogP contribution in [0.3, 0.4) is 0 Å². The van der Waals surface area contributed by atoms with Gasteiger partial charge < -0.3 is 19.3 Å². The molecule has 0 aliphatic carbocycles. The number of fused-ring (bicyclic) bond motifs is 1. The van der Waals surface area contributed by atoms with Crippen LogP contribution in [0, 0.1) is 0 Å². The van der Waals surface area contributed by atoms with Gasteiger partial charge in [-0.25, -0.2) is 14.6 Å². The lowest BCUT2D eigenvalue weighted by Crippen LogP contribution is -2.37. The Hall–Kier alpha value is -2.57. The summed E-state index contributed by atoms with van der Waals surface area (Å²) in [6.45, 7) is 1.26. The highest BCUT2D eigenvalue weighted by Gasteiger charge is 2.29. The third-order valence-corrected chi connectivity index (χ3v) is 4.06. The average molecular weight is 303 g/mol. The molecule has 1 fully saturated rings. The van der Waals surface area contributed by atoms with Crippen molar-refractivity contribution in [3.05, 3.63) is 30.1 Å². The fraction of sp³-hybridized carbons (Fsp3) is 0.400. The predicted molar refractivity (Wildman–Crippen MR) is 78.8 cm³/mol. The number of benzene rings is 1. The molecule has 1 unspecified atom stereocenters. The van der Waals surface area contributed by atoms with Crippen LogP contribution in [0.5, 0.6) is 0 Å². The molecule has 116 valence electrons. The molecule has 3 rings (SSSR count). The number of carboxylic acid groups (broad SMARTS) is 1. The van der Waals surface area contributed by atoms with Crippen LogP contribution in [0.1, 0.15) is 23.2 Å². The van der Waals surface area contributed by atoms with Gasteiger partial charge in [-0.1, -0.05) is 0 Å². The second-order valence-electron chi connectivity index (χ2n) is 5.37. The predicted octanol–water partition coefficient (Wildman–Crippen LogP) is 1.97. The van der Waals surface area contributed by atoms with E-state index in [4.69, 9.17) is 9.84 Å². The van der Waals surface area contributed by atoms with Gasteiger partial charge in [0.25, 0.3) is 0 Å². The number of ether oxygens (including phenoxy) is 1. The summed E-state index contributed by atoms with van der Waals surface area (Å²) in [4.78, 5) is 28.9. The highest BCUT2D eigenvalue weighted by molar-refractivity contribution is 5.92. The summed E-state index contributed by atoms with van der Waals surface area (Å²) in [5, 5.41) is 9.10. The van der Waals surface area contributed by atoms with E-state index in [0.717, 1.165) is 23.9 Å². The molecule has 0 spiro atoms. The second kappa shape index (κ2) is 5.67. The molecule has 7 nitrogen and oxygen atoms in total. The molecule has 1 amide bonds. The first kappa shape index (κ1) is 14.4. The Morgan fingerprint density at radius 3 is 3.00 bits per heavy atom. The zero-order chi connectivity index (χ0) is 15.7. The lowest BCUT2D eigenvalue weighted by molar-refractivity contribution is 0.0697. The van der Waals surface area contributed by atoms with E-state index in [9.17, 15) is 9.59 Å². The summed E-state index contributed by atoms with van der Waals surface area (Å²) < 4.78 is 6.70. The van der Waals surface area contributed by atoms with E-state index in [1.807, 2.05) is 4.57 Å². The first-order chi connectivity index (χ1) is 10.6. The fourth-order valence-corrected chi connectivity index (χ4v) is 2.95. The molecule has 1 aliphatic heterocycles. The summed E-state index contributed by atoms with van der Waals surface area (Å²) in [6.07, 6.45) is 3.20. The molecular weight excluding hydrogens is 286 g/mol. The zero-order valence-corrected chi connectivity index (χ0v) is 12.2. The Labute approximate surface area is 127 Å². The maximum Gasteiger partial charge on any atom is 0.409 e. The SMILES string of the molecule is COC(=O)N1CCCC1Cn1cnc2ccc(C(=O)O)cc21. The molecule has 2 heterocycles. The van der Waals surface area contributed by atoms with Crippen molar-refractivity contribution in [3.8, 4) is 0 Å². The van der Waals surface area contributed by atoms with E-state index in [1.165, 1.54) is 7.11 Å². The highest BCUT2D eigenvalue weighted by atomic mass is 16.5. The Kier molecular flexibility index (Phi) is 3.70. The number of aromatic carboxylic acids is 1. The number of aromatic nitrogens is 2. The molecule has 1 atom stereocenters. The summed E-state index contributed by atoms with van der Waals surface area (Å²) in [7, 11) is 1.38. The van der Waals surface area contributed by atoms with Gasteiger partial charge >= 0.3 is 12.1 Å². The lowest BCUT2D eigenvalue weighted by atomic mass is 10.2. The second-order valence-corrected chi connectivity index (χ2v) is 5.37. The molecule has 0 bridgehead atoms. The van der Waals surface area contributed by atoms with Crippen molar-refractivity contribution in [3.63, 3.8) is 0 Å². The number of amides is 1. The highest BCUT2D eigenvalue weighted by Crippen LogP contribution is 2.22. The molecular formula is C15H17N3O4. The van der Waals surface area contributed by atoms with E-state index in [2.05, 4.69) is 4.98 Å². The number of imidazole rings is 1. The van der Waals surface area contributed by atoms with Crippen LogP contribution >= 0.6 is 0 Å². The Morgan fingerprint density at radius 2 is 2.27 bits per heavy atom. The maximum atomic E-state index is 11.8. The summed E-state index contributed by atoms with van der Waals surface area (Å²) in [6, 6.07) is 4.89. The van der Waals surface area contributed by atoms with Gasteiger partial charge in [0.2, 0.25) is 0 Å². The van der Waals surface area contributed by atoms with Crippen molar-refractivity contribution in [2.24, 2.45) is 0 Å². The monoisotopic (exact) mass is 303 g/mol. The van der Waals surface area contributed by atoms with Gasteiger partial charge in [0.15, 0.2) is 0 Å². The minimum atomic E-state index is -0.966. The number of rotatable bonds is 3. The number of hydrogen-bond donors (Lipinski definition) is 1. The largest absolute Gasteiger partial charge is 0.478 e. The standard InChI is InChI=1S/C15H17N3O4/c1-22-15(21)18-6-2-3-11(18)8-17-9-16-12-5-4-10(14(19)20)7-13(12)17/h4-5,7,9,11H,2-3,6,8H2,1H3,(H,19,20). The van der Waals surface area contributed by atoms with Crippen molar-refractivity contribution in [1.29, 1.82) is 0 Å². The van der Waals surface area contributed by atoms with E-state index < -0.39 is 5.97 Å². The van der Waals surface area contributed by atoms with E-state index >= 15 is 0 Å². The molecule has 7 heteroatoms. The number of hydrogen-bond acceptors (Lipinski definition) is 4. The van der Waals surface area contributed by atoms with E-state index in [1.54, 1.807) is 29.4 Å². The summed E-state index contributed by atoms with van der Waals surface area (Å²) in [5.74, 6) is -0.966. The normalized spacial score (nSPS) is 17.9. The van der Waals surface area contributed by atoms with Gasteiger partial charge in [0.1, 0.15) is 0 Å². The molecule has 1 aromatic heterocycles. The number of carboxylic acids is 1. The topological polar surface area (TPSA) is 84.7 Å². The molecule has 1 N–H and O–H groups in total. The van der Waals surface area contributed by atoms with Gasteiger partial charge in [0.05, 0.1) is 36.1 Å². The van der Waals surface area contributed by atoms with Crippen molar-refractivity contribution < 1.29 is 19.4 Å². The zero-order valence-electron chi connectivity index (χ0n) is 12.2. The van der Waals surface area contributed by atoms with Crippen LogP contribution in [-0.4, -0.2) is 51.3 Å². The van der Waals surface area contributed by atoms with Crippen LogP contribution in [0.25, 0.3) is 11.0 Å². The maximum absolute atomic E-state index is 11.8.